The van der Waals surface area contributed by atoms with Crippen molar-refractivity contribution in [3.05, 3.63) is 95.0 Å². The van der Waals surface area contributed by atoms with E-state index in [9.17, 15) is 9.18 Å². The van der Waals surface area contributed by atoms with E-state index in [1.807, 2.05) is 47.4 Å². The van der Waals surface area contributed by atoms with E-state index in [-0.39, 0.29) is 11.8 Å². The molecule has 0 spiro atoms. The highest BCUT2D eigenvalue weighted by Gasteiger charge is 2.33. The molecule has 1 amide bonds. The lowest BCUT2D eigenvalue weighted by molar-refractivity contribution is -0.138. The van der Waals surface area contributed by atoms with E-state index in [0.29, 0.717) is 23.9 Å². The minimum Gasteiger partial charge on any atom is -0.492 e. The lowest BCUT2D eigenvalue weighted by atomic mass is 9.93. The van der Waals surface area contributed by atoms with Crippen LogP contribution in [0.4, 0.5) is 4.39 Å². The van der Waals surface area contributed by atoms with Gasteiger partial charge in [0.2, 0.25) is 5.91 Å². The van der Waals surface area contributed by atoms with Crippen molar-refractivity contribution in [1.82, 2.24) is 15.2 Å². The topological polar surface area (TPSA) is 54.5 Å². The van der Waals surface area contributed by atoms with E-state index in [2.05, 4.69) is 10.3 Å². The molecule has 172 valence electrons. The molecule has 0 radical (unpaired) electrons. The van der Waals surface area contributed by atoms with Crippen molar-refractivity contribution in [2.75, 3.05) is 26.2 Å². The number of hydrogen-bond acceptors (Lipinski definition) is 4. The molecule has 4 rings (SSSR count). The van der Waals surface area contributed by atoms with Crippen LogP contribution in [0.15, 0.2) is 72.9 Å². The molecule has 2 aromatic carbocycles. The molecule has 1 aromatic heterocycles. The highest BCUT2D eigenvalue weighted by Crippen LogP contribution is 2.31. The van der Waals surface area contributed by atoms with Crippen molar-refractivity contribution < 1.29 is 13.9 Å². The van der Waals surface area contributed by atoms with Crippen LogP contribution in [0.2, 0.25) is 5.02 Å². The number of pyridine rings is 1. The molecule has 33 heavy (non-hydrogen) atoms. The number of halogens is 2. The summed E-state index contributed by atoms with van der Waals surface area (Å²) in [6.07, 6.45) is 2.74. The largest absolute Gasteiger partial charge is 0.492 e. The summed E-state index contributed by atoms with van der Waals surface area (Å²) in [6.45, 7) is 2.31. The summed E-state index contributed by atoms with van der Waals surface area (Å²) in [5.41, 5.74) is 1.46. The molecule has 3 aromatic rings. The number of benzene rings is 2. The van der Waals surface area contributed by atoms with Gasteiger partial charge in [0.1, 0.15) is 18.2 Å². The number of piperidine rings is 1. The van der Waals surface area contributed by atoms with Crippen molar-refractivity contribution in [2.45, 2.75) is 18.9 Å². The predicted molar refractivity (Wildman–Crippen MR) is 127 cm³/mol. The number of para-hydroxylation sites is 1. The zero-order valence-corrected chi connectivity index (χ0v) is 19.0. The number of aromatic nitrogens is 1. The third-order valence-electron chi connectivity index (χ3n) is 5.84. The van der Waals surface area contributed by atoms with E-state index < -0.39 is 11.9 Å². The summed E-state index contributed by atoms with van der Waals surface area (Å²) in [7, 11) is 0. The Kier molecular flexibility index (Phi) is 7.92. The van der Waals surface area contributed by atoms with E-state index >= 15 is 0 Å². The Labute approximate surface area is 198 Å². The first-order valence-corrected chi connectivity index (χ1v) is 11.6. The Hall–Kier alpha value is -2.96. The number of nitrogens with zero attached hydrogens (tertiary/aromatic N) is 2. The van der Waals surface area contributed by atoms with Gasteiger partial charge in [0.05, 0.1) is 24.5 Å². The first-order chi connectivity index (χ1) is 16.1. The van der Waals surface area contributed by atoms with Gasteiger partial charge in [0.15, 0.2) is 0 Å². The van der Waals surface area contributed by atoms with Gasteiger partial charge in [-0.1, -0.05) is 41.9 Å². The Balaban J connectivity index is 1.66. The van der Waals surface area contributed by atoms with Gasteiger partial charge in [-0.05, 0) is 67.9 Å². The third kappa shape index (κ3) is 6.09. The van der Waals surface area contributed by atoms with Crippen LogP contribution in [0, 0.1) is 11.7 Å². The number of hydrogen-bond donors (Lipinski definition) is 1. The summed E-state index contributed by atoms with van der Waals surface area (Å²) in [5.74, 6) is 0.296. The predicted octanol–water partition coefficient (Wildman–Crippen LogP) is 4.87. The number of ether oxygens (including phenoxy) is 1. The molecule has 1 fully saturated rings. The number of carbonyl (C=O) groups excluding carboxylic acids is 1. The van der Waals surface area contributed by atoms with Gasteiger partial charge in [-0.3, -0.25) is 9.78 Å². The number of rotatable bonds is 8. The maximum Gasteiger partial charge on any atom is 0.226 e. The average molecular weight is 468 g/mol. The molecule has 0 bridgehead atoms. The van der Waals surface area contributed by atoms with E-state index in [0.717, 1.165) is 37.2 Å². The van der Waals surface area contributed by atoms with E-state index in [4.69, 9.17) is 16.3 Å². The lowest BCUT2D eigenvalue weighted by Crippen LogP contribution is -2.45. The van der Waals surface area contributed by atoms with E-state index in [1.54, 1.807) is 18.2 Å². The SMILES string of the molecule is O=C(C1CCNCC1)N(CCOc1ccccc1)[C@H](c1ccc(Cl)cc1)c1ccc(F)cn1. The third-order valence-corrected chi connectivity index (χ3v) is 6.10. The summed E-state index contributed by atoms with van der Waals surface area (Å²) >= 11 is 6.13. The fourth-order valence-electron chi connectivity index (χ4n) is 4.15. The summed E-state index contributed by atoms with van der Waals surface area (Å²) in [4.78, 5) is 19.9. The van der Waals surface area contributed by atoms with Crippen LogP contribution >= 0.6 is 11.6 Å². The van der Waals surface area contributed by atoms with Crippen LogP contribution in [-0.4, -0.2) is 42.0 Å². The molecule has 2 heterocycles. The molecule has 0 unspecified atom stereocenters. The van der Waals surface area contributed by atoms with Crippen LogP contribution in [-0.2, 0) is 4.79 Å². The van der Waals surface area contributed by atoms with Crippen LogP contribution in [0.3, 0.4) is 0 Å². The second kappa shape index (κ2) is 11.3. The Morgan fingerprint density at radius 3 is 2.48 bits per heavy atom. The highest BCUT2D eigenvalue weighted by molar-refractivity contribution is 6.30. The molecule has 7 heteroatoms. The number of carbonyl (C=O) groups is 1. The van der Waals surface area contributed by atoms with Crippen molar-refractivity contribution in [3.63, 3.8) is 0 Å². The Morgan fingerprint density at radius 1 is 1.09 bits per heavy atom. The molecule has 5 nitrogen and oxygen atoms in total. The summed E-state index contributed by atoms with van der Waals surface area (Å²) in [6, 6.07) is 19.4. The van der Waals surface area contributed by atoms with Crippen molar-refractivity contribution in [1.29, 1.82) is 0 Å². The smallest absolute Gasteiger partial charge is 0.226 e. The van der Waals surface area contributed by atoms with Gasteiger partial charge in [0.25, 0.3) is 0 Å². The first-order valence-electron chi connectivity index (χ1n) is 11.2. The number of amides is 1. The lowest BCUT2D eigenvalue weighted by Gasteiger charge is -2.35. The van der Waals surface area contributed by atoms with Crippen LogP contribution in [0.25, 0.3) is 0 Å². The van der Waals surface area contributed by atoms with Gasteiger partial charge >= 0.3 is 0 Å². The molecular weight excluding hydrogens is 441 g/mol. The van der Waals surface area contributed by atoms with Crippen molar-refractivity contribution >= 4 is 17.5 Å². The molecule has 1 N–H and O–H groups in total. The second-order valence-corrected chi connectivity index (χ2v) is 8.51. The standard InChI is InChI=1S/C26H27ClFN3O2/c27-21-8-6-19(7-9-21)25(24-11-10-22(28)18-30-24)31(26(32)20-12-14-29-15-13-20)16-17-33-23-4-2-1-3-5-23/h1-11,18,20,25,29H,12-17H2/t25-/m1/s1. The molecule has 1 saturated heterocycles. The van der Waals surface area contributed by atoms with Gasteiger partial charge in [-0.25, -0.2) is 4.39 Å². The van der Waals surface area contributed by atoms with Crippen LogP contribution in [0.5, 0.6) is 5.75 Å². The van der Waals surface area contributed by atoms with Crippen molar-refractivity contribution in [3.8, 4) is 5.75 Å². The average Bonchev–Trinajstić information content (AvgIpc) is 2.86. The normalized spacial score (nSPS) is 15.1. The summed E-state index contributed by atoms with van der Waals surface area (Å²) in [5, 5.41) is 3.92. The highest BCUT2D eigenvalue weighted by atomic mass is 35.5. The number of nitrogens with one attached hydrogen (secondary N) is 1. The van der Waals surface area contributed by atoms with Crippen LogP contribution < -0.4 is 10.1 Å². The molecule has 1 aliphatic heterocycles. The molecule has 0 aliphatic carbocycles. The molecule has 1 atom stereocenters. The van der Waals surface area contributed by atoms with Gasteiger partial charge in [-0.15, -0.1) is 0 Å². The zero-order valence-electron chi connectivity index (χ0n) is 18.3. The minimum atomic E-state index is -0.482. The second-order valence-electron chi connectivity index (χ2n) is 8.07. The fraction of sp³-hybridized carbons (Fsp3) is 0.308. The maximum absolute atomic E-state index is 13.8. The first kappa shape index (κ1) is 23.2. The zero-order chi connectivity index (χ0) is 23.0. The minimum absolute atomic E-state index is 0.0548. The molecule has 0 saturated carbocycles. The quantitative estimate of drug-likeness (QED) is 0.513. The van der Waals surface area contributed by atoms with E-state index in [1.165, 1.54) is 12.3 Å². The summed E-state index contributed by atoms with van der Waals surface area (Å²) < 4.78 is 19.6. The molecule has 1 aliphatic rings. The van der Waals surface area contributed by atoms with Crippen molar-refractivity contribution in [2.24, 2.45) is 5.92 Å². The van der Waals surface area contributed by atoms with Gasteiger partial charge in [0, 0.05) is 10.9 Å². The monoisotopic (exact) mass is 467 g/mol. The van der Waals surface area contributed by atoms with Crippen LogP contribution in [0.1, 0.15) is 30.1 Å². The molecular formula is C26H27ClFN3O2. The fourth-order valence-corrected chi connectivity index (χ4v) is 4.28. The van der Waals surface area contributed by atoms with Gasteiger partial charge < -0.3 is 15.0 Å². The van der Waals surface area contributed by atoms with Gasteiger partial charge in [-0.2, -0.15) is 0 Å². The maximum atomic E-state index is 13.8. The Bertz CT molecular complexity index is 980. The Morgan fingerprint density at radius 2 is 1.82 bits per heavy atom.